The van der Waals surface area contributed by atoms with Crippen LogP contribution in [0.4, 0.5) is 0 Å². The third-order valence-electron chi connectivity index (χ3n) is 5.51. The molecule has 0 aliphatic carbocycles. The zero-order valence-corrected chi connectivity index (χ0v) is 16.0. The number of methoxy groups -OCH3 is 1. The molecule has 0 radical (unpaired) electrons. The highest BCUT2D eigenvalue weighted by Crippen LogP contribution is 2.47. The molecule has 4 nitrogen and oxygen atoms in total. The Kier molecular flexibility index (Phi) is 3.48. The van der Waals surface area contributed by atoms with Crippen LogP contribution in [-0.2, 0) is 23.1 Å². The molecule has 0 fully saturated rings. The quantitative estimate of drug-likeness (QED) is 0.633. The van der Waals surface area contributed by atoms with Crippen molar-refractivity contribution in [1.82, 2.24) is 4.31 Å². The number of fused-ring (bicyclic) bond motifs is 5. The molecule has 2 aliphatic rings. The van der Waals surface area contributed by atoms with Crippen LogP contribution in [-0.4, -0.2) is 19.8 Å². The lowest BCUT2D eigenvalue weighted by atomic mass is 9.89. The van der Waals surface area contributed by atoms with Gasteiger partial charge in [0.25, 0.3) is 0 Å². The van der Waals surface area contributed by atoms with Crippen LogP contribution in [0.3, 0.4) is 0 Å². The maximum Gasteiger partial charge on any atom is 0.244 e. The van der Waals surface area contributed by atoms with Gasteiger partial charge in [-0.3, -0.25) is 0 Å². The molecule has 3 aromatic rings. The van der Waals surface area contributed by atoms with Crippen LogP contribution in [0.1, 0.15) is 16.7 Å². The number of ether oxygens (including phenoxy) is 1. The van der Waals surface area contributed by atoms with E-state index in [1.165, 1.54) is 0 Å². The number of sulfonamides is 1. The number of hydrogen-bond donors (Lipinski definition) is 0. The van der Waals surface area contributed by atoms with Crippen LogP contribution in [0.2, 0.25) is 0 Å². The van der Waals surface area contributed by atoms with Gasteiger partial charge in [0.15, 0.2) is 0 Å². The van der Waals surface area contributed by atoms with E-state index in [2.05, 4.69) is 6.07 Å². The van der Waals surface area contributed by atoms with Gasteiger partial charge in [0.1, 0.15) is 5.75 Å². The molecule has 2 aliphatic heterocycles. The van der Waals surface area contributed by atoms with Gasteiger partial charge in [0.05, 0.1) is 12.0 Å². The van der Waals surface area contributed by atoms with Gasteiger partial charge < -0.3 is 4.74 Å². The molecule has 5 rings (SSSR count). The molecular weight excluding hydrogens is 358 g/mol. The number of hydrogen-bond acceptors (Lipinski definition) is 3. The van der Waals surface area contributed by atoms with Crippen molar-refractivity contribution in [1.29, 1.82) is 0 Å². The summed E-state index contributed by atoms with van der Waals surface area (Å²) in [6.45, 7) is 2.68. The van der Waals surface area contributed by atoms with Crippen molar-refractivity contribution in [2.45, 2.75) is 24.9 Å². The van der Waals surface area contributed by atoms with Crippen LogP contribution in [0.25, 0.3) is 22.3 Å². The maximum absolute atomic E-state index is 13.5. The minimum absolute atomic E-state index is 0.340. The zero-order chi connectivity index (χ0) is 18.8. The fraction of sp³-hybridized carbons (Fsp3) is 0.182. The van der Waals surface area contributed by atoms with Crippen molar-refractivity contribution in [2.75, 3.05) is 7.11 Å². The average Bonchev–Trinajstić information content (AvgIpc) is 2.89. The van der Waals surface area contributed by atoms with Crippen molar-refractivity contribution in [3.05, 3.63) is 71.3 Å². The molecule has 0 N–H and O–H groups in total. The number of nitrogens with zero attached hydrogens (tertiary/aromatic N) is 1. The summed E-state index contributed by atoms with van der Waals surface area (Å²) in [6.07, 6.45) is 0. The molecule has 2 heterocycles. The Bertz CT molecular complexity index is 1200. The predicted octanol–water partition coefficient (Wildman–Crippen LogP) is 4.36. The Hall–Kier alpha value is -2.63. The van der Waals surface area contributed by atoms with Gasteiger partial charge in [0, 0.05) is 24.2 Å². The summed E-state index contributed by atoms with van der Waals surface area (Å²) in [5.74, 6) is 0.775. The summed E-state index contributed by atoms with van der Waals surface area (Å²) in [5, 5.41) is 0. The lowest BCUT2D eigenvalue weighted by molar-refractivity contribution is 0.404. The van der Waals surface area contributed by atoms with E-state index in [-0.39, 0.29) is 0 Å². The zero-order valence-electron chi connectivity index (χ0n) is 15.2. The number of aryl methyl sites for hydroxylation is 1. The number of rotatable bonds is 1. The van der Waals surface area contributed by atoms with Crippen LogP contribution in [0, 0.1) is 6.92 Å². The lowest BCUT2D eigenvalue weighted by Gasteiger charge is -2.20. The summed E-state index contributed by atoms with van der Waals surface area (Å²) in [4.78, 5) is 0.377. The minimum atomic E-state index is -3.60. The maximum atomic E-state index is 13.5. The monoisotopic (exact) mass is 377 g/mol. The molecule has 0 amide bonds. The standard InChI is InChI=1S/C22H19NO3S/c1-14-7-10-21-18(11-14)17-8-9-20(26-2)22-16-6-4-3-5-15(16)12-23(13-19(17)22)27(21,24)25/h3-11H,12-13H2,1-2H3. The van der Waals surface area contributed by atoms with Gasteiger partial charge in [0.2, 0.25) is 10.0 Å². The summed E-state index contributed by atoms with van der Waals surface area (Å²) >= 11 is 0. The topological polar surface area (TPSA) is 46.6 Å². The van der Waals surface area contributed by atoms with E-state index in [4.69, 9.17) is 4.74 Å². The molecule has 27 heavy (non-hydrogen) atoms. The molecule has 136 valence electrons. The first-order valence-electron chi connectivity index (χ1n) is 8.90. The highest BCUT2D eigenvalue weighted by molar-refractivity contribution is 7.89. The molecule has 3 aromatic carbocycles. The van der Waals surface area contributed by atoms with E-state index >= 15 is 0 Å². The van der Waals surface area contributed by atoms with Crippen LogP contribution in [0.15, 0.2) is 59.5 Å². The van der Waals surface area contributed by atoms with Gasteiger partial charge in [-0.15, -0.1) is 0 Å². The molecule has 0 saturated heterocycles. The lowest BCUT2D eigenvalue weighted by Crippen LogP contribution is -2.28. The van der Waals surface area contributed by atoms with E-state index in [0.717, 1.165) is 44.7 Å². The Morgan fingerprint density at radius 3 is 2.56 bits per heavy atom. The molecule has 5 heteroatoms. The highest BCUT2D eigenvalue weighted by Gasteiger charge is 2.36. The summed E-state index contributed by atoms with van der Waals surface area (Å²) in [6, 6.07) is 17.5. The average molecular weight is 377 g/mol. The van der Waals surface area contributed by atoms with Crippen molar-refractivity contribution in [3.63, 3.8) is 0 Å². The summed E-state index contributed by atoms with van der Waals surface area (Å²) in [7, 11) is -1.94. The van der Waals surface area contributed by atoms with E-state index in [1.54, 1.807) is 17.5 Å². The molecule has 1 atom stereocenters. The molecule has 1 unspecified atom stereocenters. The van der Waals surface area contributed by atoms with E-state index in [1.807, 2.05) is 49.4 Å². The van der Waals surface area contributed by atoms with Crippen molar-refractivity contribution >= 4 is 10.0 Å². The van der Waals surface area contributed by atoms with E-state index < -0.39 is 10.0 Å². The Morgan fingerprint density at radius 1 is 0.926 bits per heavy atom. The smallest absolute Gasteiger partial charge is 0.244 e. The summed E-state index contributed by atoms with van der Waals surface area (Å²) in [5.41, 5.74) is 6.82. The largest absolute Gasteiger partial charge is 0.496 e. The Morgan fingerprint density at radius 2 is 1.74 bits per heavy atom. The molecule has 0 aromatic heterocycles. The van der Waals surface area contributed by atoms with Crippen LogP contribution >= 0.6 is 0 Å². The number of benzene rings is 3. The first kappa shape index (κ1) is 16.5. The fourth-order valence-electron chi connectivity index (χ4n) is 4.22. The van der Waals surface area contributed by atoms with Gasteiger partial charge in [-0.1, -0.05) is 48.0 Å². The van der Waals surface area contributed by atoms with Gasteiger partial charge in [-0.05, 0) is 41.3 Å². The fourth-order valence-corrected chi connectivity index (χ4v) is 5.79. The third kappa shape index (κ3) is 2.28. The first-order valence-corrected chi connectivity index (χ1v) is 10.3. The predicted molar refractivity (Wildman–Crippen MR) is 105 cm³/mol. The van der Waals surface area contributed by atoms with Gasteiger partial charge in [-0.2, -0.15) is 4.31 Å². The third-order valence-corrected chi connectivity index (χ3v) is 7.36. The molecule has 0 saturated carbocycles. The molecular formula is C22H19NO3S. The second-order valence-electron chi connectivity index (χ2n) is 7.10. The highest BCUT2D eigenvalue weighted by atomic mass is 32.2. The second-order valence-corrected chi connectivity index (χ2v) is 9.01. The first-order chi connectivity index (χ1) is 13.0. The Labute approximate surface area is 159 Å². The van der Waals surface area contributed by atoms with Crippen LogP contribution < -0.4 is 4.74 Å². The molecule has 0 spiro atoms. The normalized spacial score (nSPS) is 18.7. The second kappa shape index (κ2) is 5.68. The van der Waals surface area contributed by atoms with Crippen molar-refractivity contribution in [2.24, 2.45) is 0 Å². The molecule has 2 bridgehead atoms. The van der Waals surface area contributed by atoms with Crippen molar-refractivity contribution < 1.29 is 13.2 Å². The van der Waals surface area contributed by atoms with E-state index in [9.17, 15) is 8.42 Å². The van der Waals surface area contributed by atoms with Crippen LogP contribution in [0.5, 0.6) is 5.75 Å². The van der Waals surface area contributed by atoms with Gasteiger partial charge in [-0.25, -0.2) is 8.42 Å². The summed E-state index contributed by atoms with van der Waals surface area (Å²) < 4.78 is 34.2. The van der Waals surface area contributed by atoms with Gasteiger partial charge >= 0.3 is 0 Å². The SMILES string of the molecule is COc1ccc2c3c1-c1ccccc1CN(C3)S(=O)(=O)c1ccc(C)cc1-2. The van der Waals surface area contributed by atoms with Crippen molar-refractivity contribution in [3.8, 4) is 28.0 Å². The Balaban J connectivity index is 1.98. The minimum Gasteiger partial charge on any atom is -0.496 e. The van der Waals surface area contributed by atoms with E-state index in [0.29, 0.717) is 18.0 Å².